The van der Waals surface area contributed by atoms with E-state index in [0.717, 1.165) is 5.39 Å². The number of pyridine rings is 2. The summed E-state index contributed by atoms with van der Waals surface area (Å²) in [6.07, 6.45) is 1.58. The molecule has 3 aromatic rings. The predicted octanol–water partition coefficient (Wildman–Crippen LogP) is 3.02. The molecule has 0 saturated heterocycles. The van der Waals surface area contributed by atoms with Crippen LogP contribution >= 0.6 is 0 Å². The summed E-state index contributed by atoms with van der Waals surface area (Å²) in [5, 5.41) is 3.41. The molecule has 1 N–H and O–H groups in total. The molecule has 5 heteroatoms. The number of nitrogens with zero attached hydrogens (tertiary/aromatic N) is 2. The van der Waals surface area contributed by atoms with Gasteiger partial charge in [0, 0.05) is 17.6 Å². The van der Waals surface area contributed by atoms with Crippen molar-refractivity contribution in [3.8, 4) is 0 Å². The van der Waals surface area contributed by atoms with Gasteiger partial charge in [-0.15, -0.1) is 0 Å². The van der Waals surface area contributed by atoms with Gasteiger partial charge in [-0.2, -0.15) is 0 Å². The van der Waals surface area contributed by atoms with Crippen molar-refractivity contribution in [2.75, 3.05) is 5.32 Å². The molecule has 4 nitrogen and oxygen atoms in total. The number of anilines is 1. The molecule has 0 fully saturated rings. The first-order valence-corrected chi connectivity index (χ1v) is 6.01. The second-order valence-electron chi connectivity index (χ2n) is 4.20. The van der Waals surface area contributed by atoms with Crippen LogP contribution < -0.4 is 5.32 Å². The largest absolute Gasteiger partial charge is 0.305 e. The van der Waals surface area contributed by atoms with Crippen molar-refractivity contribution in [1.82, 2.24) is 9.97 Å². The quantitative estimate of drug-likeness (QED) is 0.776. The molecule has 1 aromatic carbocycles. The number of benzene rings is 1. The Morgan fingerprint density at radius 1 is 1.10 bits per heavy atom. The highest BCUT2D eigenvalue weighted by atomic mass is 19.1. The number of amides is 1. The van der Waals surface area contributed by atoms with Crippen LogP contribution in [-0.2, 0) is 0 Å². The molecule has 0 aliphatic carbocycles. The summed E-state index contributed by atoms with van der Waals surface area (Å²) in [4.78, 5) is 20.2. The number of hydrogen-bond acceptors (Lipinski definition) is 3. The molecule has 0 saturated carbocycles. The van der Waals surface area contributed by atoms with Crippen LogP contribution in [0.4, 0.5) is 10.2 Å². The van der Waals surface area contributed by atoms with Crippen molar-refractivity contribution < 1.29 is 9.18 Å². The van der Waals surface area contributed by atoms with Crippen molar-refractivity contribution >= 4 is 22.6 Å². The van der Waals surface area contributed by atoms with E-state index >= 15 is 0 Å². The first-order valence-electron chi connectivity index (χ1n) is 6.01. The van der Waals surface area contributed by atoms with E-state index < -0.39 is 0 Å². The molecule has 0 radical (unpaired) electrons. The molecule has 98 valence electrons. The number of halogens is 1. The molecular formula is C15H10FN3O. The minimum Gasteiger partial charge on any atom is -0.305 e. The molecule has 2 heterocycles. The Morgan fingerprint density at radius 3 is 2.75 bits per heavy atom. The van der Waals surface area contributed by atoms with E-state index in [-0.39, 0.29) is 17.4 Å². The van der Waals surface area contributed by atoms with Crippen molar-refractivity contribution in [2.24, 2.45) is 0 Å². The van der Waals surface area contributed by atoms with E-state index in [4.69, 9.17) is 0 Å². The number of fused-ring (bicyclic) bond motifs is 1. The fourth-order valence-electron chi connectivity index (χ4n) is 1.83. The smallest absolute Gasteiger partial charge is 0.275 e. The van der Waals surface area contributed by atoms with Gasteiger partial charge in [-0.25, -0.2) is 14.4 Å². The highest BCUT2D eigenvalue weighted by molar-refractivity contribution is 6.03. The van der Waals surface area contributed by atoms with Crippen LogP contribution in [0.15, 0.2) is 54.7 Å². The lowest BCUT2D eigenvalue weighted by molar-refractivity contribution is 0.102. The van der Waals surface area contributed by atoms with Crippen molar-refractivity contribution in [3.05, 3.63) is 66.2 Å². The van der Waals surface area contributed by atoms with Gasteiger partial charge in [0.25, 0.3) is 5.91 Å². The minimum atomic E-state index is -0.382. The fraction of sp³-hybridized carbons (Fsp3) is 0. The number of nitrogens with one attached hydrogen (secondary N) is 1. The lowest BCUT2D eigenvalue weighted by Gasteiger charge is -2.04. The van der Waals surface area contributed by atoms with Crippen LogP contribution in [0, 0.1) is 5.82 Å². The Balaban J connectivity index is 1.91. The zero-order valence-electron chi connectivity index (χ0n) is 10.4. The van der Waals surface area contributed by atoms with Crippen molar-refractivity contribution in [1.29, 1.82) is 0 Å². The summed E-state index contributed by atoms with van der Waals surface area (Å²) in [5.74, 6) is -0.319. The zero-order chi connectivity index (χ0) is 13.9. The molecule has 20 heavy (non-hydrogen) atoms. The van der Waals surface area contributed by atoms with E-state index in [1.165, 1.54) is 12.1 Å². The minimum absolute atomic E-state index is 0.216. The number of hydrogen-bond donors (Lipinski definition) is 1. The standard InChI is InChI=1S/C15H10FN3O/c16-11-6-4-10-5-7-12(18-13(10)9-11)15(20)19-14-3-1-2-8-17-14/h1-9H,(H,17,19,20). The fourth-order valence-corrected chi connectivity index (χ4v) is 1.83. The van der Waals surface area contributed by atoms with E-state index in [1.54, 1.807) is 42.6 Å². The van der Waals surface area contributed by atoms with Gasteiger partial charge in [-0.3, -0.25) is 4.79 Å². The van der Waals surface area contributed by atoms with Crippen LogP contribution in [0.2, 0.25) is 0 Å². The molecule has 2 aromatic heterocycles. The summed E-state index contributed by atoms with van der Waals surface area (Å²) >= 11 is 0. The SMILES string of the molecule is O=C(Nc1ccccn1)c1ccc2ccc(F)cc2n1. The summed E-state index contributed by atoms with van der Waals surface area (Å²) < 4.78 is 13.2. The first kappa shape index (κ1) is 12.2. The van der Waals surface area contributed by atoms with Crippen LogP contribution in [0.25, 0.3) is 10.9 Å². The van der Waals surface area contributed by atoms with Crippen molar-refractivity contribution in [2.45, 2.75) is 0 Å². The van der Waals surface area contributed by atoms with Gasteiger partial charge in [0.1, 0.15) is 17.3 Å². The highest BCUT2D eigenvalue weighted by Gasteiger charge is 2.09. The van der Waals surface area contributed by atoms with Crippen LogP contribution in [-0.4, -0.2) is 15.9 Å². The molecule has 0 aliphatic rings. The van der Waals surface area contributed by atoms with Gasteiger partial charge in [-0.1, -0.05) is 12.1 Å². The summed E-state index contributed by atoms with van der Waals surface area (Å²) in [5.41, 5.74) is 0.660. The van der Waals surface area contributed by atoms with Crippen LogP contribution in [0.5, 0.6) is 0 Å². The molecule has 0 spiro atoms. The summed E-state index contributed by atoms with van der Waals surface area (Å²) in [6.45, 7) is 0. The van der Waals surface area contributed by atoms with Gasteiger partial charge < -0.3 is 5.32 Å². The average Bonchev–Trinajstić information content (AvgIpc) is 2.47. The van der Waals surface area contributed by atoms with E-state index in [0.29, 0.717) is 11.3 Å². The van der Waals surface area contributed by atoms with Gasteiger partial charge in [0.05, 0.1) is 5.52 Å². The second kappa shape index (κ2) is 5.05. The van der Waals surface area contributed by atoms with Gasteiger partial charge in [0.2, 0.25) is 0 Å². The molecule has 3 rings (SSSR count). The van der Waals surface area contributed by atoms with Crippen molar-refractivity contribution in [3.63, 3.8) is 0 Å². The zero-order valence-corrected chi connectivity index (χ0v) is 10.4. The topological polar surface area (TPSA) is 54.9 Å². The third-order valence-electron chi connectivity index (χ3n) is 2.79. The molecule has 0 unspecified atom stereocenters. The molecular weight excluding hydrogens is 257 g/mol. The Bertz CT molecular complexity index is 774. The van der Waals surface area contributed by atoms with E-state index in [9.17, 15) is 9.18 Å². The normalized spacial score (nSPS) is 10.4. The number of carbonyl (C=O) groups is 1. The van der Waals surface area contributed by atoms with E-state index in [2.05, 4.69) is 15.3 Å². The molecule has 0 aliphatic heterocycles. The Kier molecular flexibility index (Phi) is 3.09. The van der Waals surface area contributed by atoms with E-state index in [1.807, 2.05) is 0 Å². The number of rotatable bonds is 2. The summed E-state index contributed by atoms with van der Waals surface area (Å²) in [7, 11) is 0. The Morgan fingerprint density at radius 2 is 1.95 bits per heavy atom. The lowest BCUT2D eigenvalue weighted by Crippen LogP contribution is -2.14. The monoisotopic (exact) mass is 267 g/mol. The Labute approximate surface area is 114 Å². The van der Waals surface area contributed by atoms with Gasteiger partial charge in [-0.05, 0) is 30.3 Å². The maximum atomic E-state index is 13.2. The van der Waals surface area contributed by atoms with Gasteiger partial charge >= 0.3 is 0 Å². The van der Waals surface area contributed by atoms with Crippen LogP contribution in [0.3, 0.4) is 0 Å². The lowest BCUT2D eigenvalue weighted by atomic mass is 10.2. The maximum Gasteiger partial charge on any atom is 0.275 e. The molecule has 0 bridgehead atoms. The third-order valence-corrected chi connectivity index (χ3v) is 2.79. The predicted molar refractivity (Wildman–Crippen MR) is 73.9 cm³/mol. The first-order chi connectivity index (χ1) is 9.72. The summed E-state index contributed by atoms with van der Waals surface area (Å²) in [6, 6.07) is 12.8. The molecule has 1 amide bonds. The average molecular weight is 267 g/mol. The maximum absolute atomic E-state index is 13.2. The molecule has 0 atom stereocenters. The Hall–Kier alpha value is -2.82. The second-order valence-corrected chi connectivity index (χ2v) is 4.20. The number of aromatic nitrogens is 2. The van der Waals surface area contributed by atoms with Crippen LogP contribution in [0.1, 0.15) is 10.5 Å². The number of carbonyl (C=O) groups excluding carboxylic acids is 1. The van der Waals surface area contributed by atoms with Gasteiger partial charge in [0.15, 0.2) is 0 Å². The highest BCUT2D eigenvalue weighted by Crippen LogP contribution is 2.14. The third kappa shape index (κ3) is 2.47.